The Morgan fingerprint density at radius 1 is 1.31 bits per heavy atom. The van der Waals surface area contributed by atoms with Crippen LogP contribution < -0.4 is 15.1 Å². The number of hydrogen-bond donors (Lipinski definition) is 1. The molecule has 4 aromatic rings. The van der Waals surface area contributed by atoms with Crippen LogP contribution in [0.2, 0.25) is 0 Å². The van der Waals surface area contributed by atoms with E-state index in [1.807, 2.05) is 6.92 Å². The standard InChI is InChI=1S/C22H23FN7O6PS.CH4/c1-2-35-15-6-14(7-15)30-10-17(20(28-30)19-16(23)4-3-5-24-19)26-21(31)18-11-38-22(27-18)13-8-25-29(9-13)12-36-37(32,33)34;/h3-5,8-11,14-15H,2,6-7,12H2,1H3,(H,26,31)(H2,32,33,34);1H4/p-2. The largest absolute Gasteiger partial charge is 0.790 e. The van der Waals surface area contributed by atoms with Crippen molar-refractivity contribution in [3.63, 3.8) is 0 Å². The second kappa shape index (κ2) is 11.8. The summed E-state index contributed by atoms with van der Waals surface area (Å²) in [6, 6.07) is 2.79. The number of halogens is 1. The molecular weight excluding hydrogens is 552 g/mol. The Bertz CT molecular complexity index is 1500. The third-order valence-electron chi connectivity index (χ3n) is 5.77. The average molecular weight is 578 g/mol. The van der Waals surface area contributed by atoms with Crippen molar-refractivity contribution in [2.75, 3.05) is 11.9 Å². The molecule has 1 fully saturated rings. The molecule has 39 heavy (non-hydrogen) atoms. The molecule has 0 saturated heterocycles. The van der Waals surface area contributed by atoms with E-state index in [2.05, 4.69) is 30.0 Å². The molecule has 5 rings (SSSR count). The first kappa shape index (κ1) is 28.7. The molecule has 1 aliphatic rings. The minimum absolute atomic E-state index is 0. The van der Waals surface area contributed by atoms with Crippen molar-refractivity contribution in [3.8, 4) is 22.0 Å². The molecule has 0 aliphatic heterocycles. The van der Waals surface area contributed by atoms with Crippen molar-refractivity contribution in [1.29, 1.82) is 0 Å². The molecule has 208 valence electrons. The van der Waals surface area contributed by atoms with Gasteiger partial charge in [0.2, 0.25) is 0 Å². The van der Waals surface area contributed by atoms with Crippen LogP contribution in [0.3, 0.4) is 0 Å². The lowest BCUT2D eigenvalue weighted by molar-refractivity contribution is -0.344. The van der Waals surface area contributed by atoms with Gasteiger partial charge in [0, 0.05) is 36.1 Å². The lowest BCUT2D eigenvalue weighted by Crippen LogP contribution is -2.33. The van der Waals surface area contributed by atoms with Gasteiger partial charge >= 0.3 is 0 Å². The molecule has 0 spiro atoms. The van der Waals surface area contributed by atoms with E-state index in [1.165, 1.54) is 36.1 Å². The molecule has 1 aliphatic carbocycles. The number of rotatable bonds is 10. The Kier molecular flexibility index (Phi) is 8.69. The Balaban J connectivity index is 0.00000353. The Morgan fingerprint density at radius 3 is 2.82 bits per heavy atom. The zero-order valence-corrected chi connectivity index (χ0v) is 21.6. The third kappa shape index (κ3) is 6.64. The second-order valence-electron chi connectivity index (χ2n) is 8.37. The fourth-order valence-electron chi connectivity index (χ4n) is 3.90. The number of carbonyl (C=O) groups is 1. The predicted molar refractivity (Wildman–Crippen MR) is 136 cm³/mol. The summed E-state index contributed by atoms with van der Waals surface area (Å²) in [5.41, 5.74) is 1.07. The van der Waals surface area contributed by atoms with Gasteiger partial charge in [0.05, 0.1) is 31.9 Å². The summed E-state index contributed by atoms with van der Waals surface area (Å²) in [6.07, 6.45) is 7.56. The van der Waals surface area contributed by atoms with Gasteiger partial charge in [-0.3, -0.25) is 14.5 Å². The van der Waals surface area contributed by atoms with Crippen LogP contribution in [0.4, 0.5) is 10.1 Å². The topological polar surface area (TPSA) is 172 Å². The van der Waals surface area contributed by atoms with Gasteiger partial charge in [0.25, 0.3) is 5.91 Å². The molecule has 1 N–H and O–H groups in total. The van der Waals surface area contributed by atoms with Crippen LogP contribution in [0.15, 0.2) is 42.3 Å². The molecule has 0 aromatic carbocycles. The van der Waals surface area contributed by atoms with Gasteiger partial charge in [-0.1, -0.05) is 7.43 Å². The van der Waals surface area contributed by atoms with Crippen molar-refractivity contribution in [2.24, 2.45) is 0 Å². The molecule has 4 heterocycles. The van der Waals surface area contributed by atoms with Crippen molar-refractivity contribution in [1.82, 2.24) is 29.5 Å². The van der Waals surface area contributed by atoms with E-state index in [0.29, 0.717) is 17.2 Å². The van der Waals surface area contributed by atoms with Crippen LogP contribution in [-0.4, -0.2) is 48.1 Å². The van der Waals surface area contributed by atoms with Gasteiger partial charge < -0.3 is 28.9 Å². The van der Waals surface area contributed by atoms with Gasteiger partial charge in [0.15, 0.2) is 5.82 Å². The highest BCUT2D eigenvalue weighted by Crippen LogP contribution is 2.37. The number of aromatic nitrogens is 6. The molecule has 4 aromatic heterocycles. The van der Waals surface area contributed by atoms with Gasteiger partial charge in [-0.25, -0.2) is 14.1 Å². The zero-order valence-electron chi connectivity index (χ0n) is 19.9. The average Bonchev–Trinajstić information content (AvgIpc) is 3.59. The third-order valence-corrected chi connectivity index (χ3v) is 7.10. The van der Waals surface area contributed by atoms with Gasteiger partial charge in [0.1, 0.15) is 28.8 Å². The van der Waals surface area contributed by atoms with E-state index in [9.17, 15) is 23.5 Å². The van der Waals surface area contributed by atoms with Gasteiger partial charge in [-0.05, 0) is 31.9 Å². The lowest BCUT2D eigenvalue weighted by Gasteiger charge is -2.34. The number of hydrogen-bond acceptors (Lipinski definition) is 11. The number of ether oxygens (including phenoxy) is 1. The number of anilines is 1. The predicted octanol–water partition coefficient (Wildman–Crippen LogP) is 2.84. The summed E-state index contributed by atoms with van der Waals surface area (Å²) in [4.78, 5) is 42.8. The number of nitrogens with one attached hydrogen (secondary N) is 1. The first-order chi connectivity index (χ1) is 18.2. The summed E-state index contributed by atoms with van der Waals surface area (Å²) < 4.78 is 37.9. The molecular formula is C23H25FN7O6PS-2. The maximum absolute atomic E-state index is 14.6. The van der Waals surface area contributed by atoms with E-state index in [4.69, 9.17) is 4.74 Å². The highest BCUT2D eigenvalue weighted by atomic mass is 32.1. The lowest BCUT2D eigenvalue weighted by atomic mass is 9.89. The summed E-state index contributed by atoms with van der Waals surface area (Å²) in [5.74, 6) is -1.11. The first-order valence-electron chi connectivity index (χ1n) is 11.5. The normalized spacial score (nSPS) is 16.9. The molecule has 0 radical (unpaired) electrons. The molecule has 1 amide bonds. The number of thiazole rings is 1. The fourth-order valence-corrected chi connectivity index (χ4v) is 4.94. The smallest absolute Gasteiger partial charge is 0.275 e. The summed E-state index contributed by atoms with van der Waals surface area (Å²) in [7, 11) is -5.14. The Morgan fingerprint density at radius 2 is 2.10 bits per heavy atom. The number of phosphoric acid groups is 1. The van der Waals surface area contributed by atoms with Crippen LogP contribution >= 0.6 is 19.2 Å². The van der Waals surface area contributed by atoms with E-state index in [-0.39, 0.29) is 42.3 Å². The summed E-state index contributed by atoms with van der Waals surface area (Å²) >= 11 is 1.16. The van der Waals surface area contributed by atoms with Crippen molar-refractivity contribution in [2.45, 2.75) is 46.1 Å². The minimum Gasteiger partial charge on any atom is -0.790 e. The van der Waals surface area contributed by atoms with E-state index in [0.717, 1.165) is 28.9 Å². The number of pyridine rings is 1. The quantitative estimate of drug-likeness (QED) is 0.276. The summed E-state index contributed by atoms with van der Waals surface area (Å²) in [6.45, 7) is 1.98. The van der Waals surface area contributed by atoms with Crippen LogP contribution in [0.25, 0.3) is 22.0 Å². The van der Waals surface area contributed by atoms with Gasteiger partial charge in [-0.2, -0.15) is 10.2 Å². The first-order valence-corrected chi connectivity index (χ1v) is 13.8. The Hall–Kier alpha value is -3.33. The van der Waals surface area contributed by atoms with E-state index >= 15 is 0 Å². The monoisotopic (exact) mass is 577 g/mol. The van der Waals surface area contributed by atoms with E-state index < -0.39 is 26.3 Å². The minimum atomic E-state index is -5.14. The zero-order chi connectivity index (χ0) is 26.9. The van der Waals surface area contributed by atoms with Crippen LogP contribution in [-0.2, 0) is 20.6 Å². The Labute approximate surface area is 226 Å². The highest BCUT2D eigenvalue weighted by molar-refractivity contribution is 7.43. The second-order valence-corrected chi connectivity index (χ2v) is 10.4. The molecule has 0 atom stereocenters. The van der Waals surface area contributed by atoms with Gasteiger partial charge in [-0.15, -0.1) is 11.3 Å². The van der Waals surface area contributed by atoms with Crippen LogP contribution in [0.5, 0.6) is 0 Å². The SMILES string of the molecule is C.CCOC1CC(n2cc(NC(=O)c3csc(-c4cnn(COP(=O)([O-])[O-])c4)n3)c(-c3ncccc3F)n2)C1. The van der Waals surface area contributed by atoms with Crippen molar-refractivity contribution < 1.29 is 32.8 Å². The maximum atomic E-state index is 14.6. The molecule has 1 saturated carbocycles. The number of amides is 1. The molecule has 0 unspecified atom stereocenters. The van der Waals surface area contributed by atoms with Crippen molar-refractivity contribution >= 4 is 30.8 Å². The van der Waals surface area contributed by atoms with Crippen LogP contribution in [0.1, 0.15) is 43.7 Å². The van der Waals surface area contributed by atoms with Crippen LogP contribution in [0, 0.1) is 5.82 Å². The number of carbonyl (C=O) groups excluding carboxylic acids is 1. The summed E-state index contributed by atoms with van der Waals surface area (Å²) in [5, 5.41) is 13.2. The molecule has 13 nitrogen and oxygen atoms in total. The number of nitrogens with zero attached hydrogens (tertiary/aromatic N) is 6. The number of phosphoric ester groups is 1. The van der Waals surface area contributed by atoms with Crippen molar-refractivity contribution in [3.05, 3.63) is 53.8 Å². The molecule has 16 heteroatoms. The molecule has 0 bridgehead atoms. The highest BCUT2D eigenvalue weighted by Gasteiger charge is 2.33. The fraction of sp³-hybridized carbons (Fsp3) is 0.348. The van der Waals surface area contributed by atoms with E-state index in [1.54, 1.807) is 10.9 Å². The maximum Gasteiger partial charge on any atom is 0.275 e.